The Hall–Kier alpha value is -2.87. The lowest BCUT2D eigenvalue weighted by molar-refractivity contribution is 0.104. The predicted octanol–water partition coefficient (Wildman–Crippen LogP) is 4.98. The van der Waals surface area contributed by atoms with E-state index in [1.165, 1.54) is 0 Å². The van der Waals surface area contributed by atoms with Gasteiger partial charge in [0.05, 0.1) is 0 Å². The van der Waals surface area contributed by atoms with Gasteiger partial charge in [0.15, 0.2) is 5.78 Å². The van der Waals surface area contributed by atoms with Gasteiger partial charge in [-0.15, -0.1) is 0 Å². The highest BCUT2D eigenvalue weighted by atomic mass is 16.1. The fourth-order valence-electron chi connectivity index (χ4n) is 2.00. The molecule has 0 fully saturated rings. The van der Waals surface area contributed by atoms with Crippen LogP contribution in [0.2, 0.25) is 0 Å². The van der Waals surface area contributed by atoms with Crippen molar-refractivity contribution in [1.29, 1.82) is 0 Å². The molecule has 116 valence electrons. The summed E-state index contributed by atoms with van der Waals surface area (Å²) in [6, 6.07) is 19.3. The first-order valence-electron chi connectivity index (χ1n) is 7.63. The number of carbonyl (C=O) groups excluding carboxylic acids is 1. The zero-order chi connectivity index (χ0) is 16.5. The van der Waals surface area contributed by atoms with Crippen LogP contribution in [0.5, 0.6) is 0 Å². The molecule has 2 nitrogen and oxygen atoms in total. The lowest BCUT2D eigenvalue weighted by atomic mass is 10.1. The van der Waals surface area contributed by atoms with Crippen LogP contribution in [0, 0.1) is 0 Å². The third-order valence-corrected chi connectivity index (χ3v) is 3.37. The second-order valence-electron chi connectivity index (χ2n) is 5.17. The van der Waals surface area contributed by atoms with E-state index in [2.05, 4.69) is 5.32 Å². The molecule has 2 rings (SSSR count). The lowest BCUT2D eigenvalue weighted by Gasteiger charge is -2.07. The maximum Gasteiger partial charge on any atom is 0.187 e. The Kier molecular flexibility index (Phi) is 6.13. The van der Waals surface area contributed by atoms with Crippen molar-refractivity contribution in [2.45, 2.75) is 13.8 Å². The van der Waals surface area contributed by atoms with Crippen molar-refractivity contribution in [3.05, 3.63) is 101 Å². The van der Waals surface area contributed by atoms with Crippen molar-refractivity contribution < 1.29 is 4.79 Å². The second kappa shape index (κ2) is 8.54. The molecule has 0 heterocycles. The van der Waals surface area contributed by atoms with Gasteiger partial charge in [-0.1, -0.05) is 72.8 Å². The standard InChI is InChI=1S/C21H21NO/c1-3-17(2)22-20(15-14-18-10-6-4-7-11-18)16-21(23)19-12-8-5-9-13-19/h3-16,22H,1-2H3/b15-14+,17-3+,20-16-. The van der Waals surface area contributed by atoms with E-state index in [0.717, 1.165) is 17.0 Å². The van der Waals surface area contributed by atoms with Crippen LogP contribution in [-0.2, 0) is 0 Å². The summed E-state index contributed by atoms with van der Waals surface area (Å²) in [4.78, 5) is 12.4. The van der Waals surface area contributed by atoms with E-state index in [-0.39, 0.29) is 5.78 Å². The zero-order valence-electron chi connectivity index (χ0n) is 13.5. The van der Waals surface area contributed by atoms with Gasteiger partial charge in [0.1, 0.15) is 0 Å². The summed E-state index contributed by atoms with van der Waals surface area (Å²) in [5, 5.41) is 3.25. The summed E-state index contributed by atoms with van der Waals surface area (Å²) in [7, 11) is 0. The molecule has 0 aliphatic heterocycles. The third-order valence-electron chi connectivity index (χ3n) is 3.37. The fraction of sp³-hybridized carbons (Fsp3) is 0.0952. The first-order valence-corrected chi connectivity index (χ1v) is 7.63. The van der Waals surface area contributed by atoms with E-state index in [9.17, 15) is 4.79 Å². The van der Waals surface area contributed by atoms with E-state index >= 15 is 0 Å². The largest absolute Gasteiger partial charge is 0.359 e. The molecule has 2 aromatic rings. The number of hydrogen-bond acceptors (Lipinski definition) is 2. The smallest absolute Gasteiger partial charge is 0.187 e. The maximum absolute atomic E-state index is 12.4. The molecule has 0 aromatic heterocycles. The van der Waals surface area contributed by atoms with Crippen molar-refractivity contribution in [3.63, 3.8) is 0 Å². The van der Waals surface area contributed by atoms with Gasteiger partial charge < -0.3 is 5.32 Å². The van der Waals surface area contributed by atoms with Gasteiger partial charge in [-0.05, 0) is 25.5 Å². The van der Waals surface area contributed by atoms with Gasteiger partial charge in [0.25, 0.3) is 0 Å². The molecule has 0 aliphatic rings. The maximum atomic E-state index is 12.4. The first kappa shape index (κ1) is 16.5. The minimum absolute atomic E-state index is 0.0188. The number of hydrogen-bond donors (Lipinski definition) is 1. The molecule has 0 atom stereocenters. The van der Waals surface area contributed by atoms with Crippen LogP contribution in [0.3, 0.4) is 0 Å². The number of allylic oxidation sites excluding steroid dienone is 4. The number of nitrogens with one attached hydrogen (secondary N) is 1. The Morgan fingerprint density at radius 2 is 1.57 bits per heavy atom. The molecule has 0 spiro atoms. The van der Waals surface area contributed by atoms with Crippen molar-refractivity contribution in [1.82, 2.24) is 5.32 Å². The van der Waals surface area contributed by atoms with Gasteiger partial charge in [-0.3, -0.25) is 4.79 Å². The summed E-state index contributed by atoms with van der Waals surface area (Å²) in [6.45, 7) is 3.93. The molecule has 2 aromatic carbocycles. The number of ketones is 1. The summed E-state index contributed by atoms with van der Waals surface area (Å²) < 4.78 is 0. The van der Waals surface area contributed by atoms with Gasteiger partial charge in [-0.25, -0.2) is 0 Å². The Morgan fingerprint density at radius 3 is 2.17 bits per heavy atom. The summed E-state index contributed by atoms with van der Waals surface area (Å²) in [6.07, 6.45) is 7.50. The van der Waals surface area contributed by atoms with Gasteiger partial charge in [0, 0.05) is 23.0 Å². The van der Waals surface area contributed by atoms with Crippen molar-refractivity contribution in [2.75, 3.05) is 0 Å². The van der Waals surface area contributed by atoms with Crippen LogP contribution >= 0.6 is 0 Å². The zero-order valence-corrected chi connectivity index (χ0v) is 13.5. The topological polar surface area (TPSA) is 29.1 Å². The van der Waals surface area contributed by atoms with Crippen LogP contribution in [0.15, 0.2) is 90.3 Å². The summed E-state index contributed by atoms with van der Waals surface area (Å²) in [5.41, 5.74) is 3.52. The number of rotatable bonds is 6. The lowest BCUT2D eigenvalue weighted by Crippen LogP contribution is -2.10. The minimum Gasteiger partial charge on any atom is -0.359 e. The Balaban J connectivity index is 2.25. The van der Waals surface area contributed by atoms with E-state index in [1.54, 1.807) is 6.08 Å². The summed E-state index contributed by atoms with van der Waals surface area (Å²) >= 11 is 0. The SMILES string of the molecule is C/C=C(\C)NC(=C\C(=O)c1ccccc1)/C=C/c1ccccc1. The van der Waals surface area contributed by atoms with Crippen LogP contribution in [0.25, 0.3) is 6.08 Å². The molecule has 23 heavy (non-hydrogen) atoms. The van der Waals surface area contributed by atoms with Crippen molar-refractivity contribution >= 4 is 11.9 Å². The van der Waals surface area contributed by atoms with Crippen LogP contribution < -0.4 is 5.32 Å². The van der Waals surface area contributed by atoms with Crippen LogP contribution in [0.4, 0.5) is 0 Å². The highest BCUT2D eigenvalue weighted by Crippen LogP contribution is 2.08. The third kappa shape index (κ3) is 5.44. The minimum atomic E-state index is -0.0188. The molecular weight excluding hydrogens is 282 g/mol. The normalized spacial score (nSPS) is 12.4. The molecule has 0 radical (unpaired) electrons. The van der Waals surface area contributed by atoms with E-state index in [1.807, 2.05) is 92.7 Å². The molecule has 0 amide bonds. The fourth-order valence-corrected chi connectivity index (χ4v) is 2.00. The van der Waals surface area contributed by atoms with Crippen molar-refractivity contribution in [3.8, 4) is 0 Å². The van der Waals surface area contributed by atoms with Crippen LogP contribution in [-0.4, -0.2) is 5.78 Å². The van der Waals surface area contributed by atoms with E-state index in [0.29, 0.717) is 5.56 Å². The molecule has 0 saturated carbocycles. The predicted molar refractivity (Wildman–Crippen MR) is 96.9 cm³/mol. The molecule has 2 heteroatoms. The Morgan fingerprint density at radius 1 is 0.957 bits per heavy atom. The average Bonchev–Trinajstić information content (AvgIpc) is 2.61. The molecule has 0 saturated heterocycles. The van der Waals surface area contributed by atoms with E-state index < -0.39 is 0 Å². The first-order chi connectivity index (χ1) is 11.2. The quantitative estimate of drug-likeness (QED) is 0.463. The monoisotopic (exact) mass is 303 g/mol. The second-order valence-corrected chi connectivity index (χ2v) is 5.17. The highest BCUT2D eigenvalue weighted by Gasteiger charge is 2.03. The number of benzene rings is 2. The molecule has 0 unspecified atom stereocenters. The molecular formula is C21H21NO. The van der Waals surface area contributed by atoms with Gasteiger partial charge in [0.2, 0.25) is 0 Å². The Labute approximate surface area is 137 Å². The van der Waals surface area contributed by atoms with Gasteiger partial charge >= 0.3 is 0 Å². The van der Waals surface area contributed by atoms with Crippen molar-refractivity contribution in [2.24, 2.45) is 0 Å². The molecule has 1 N–H and O–H groups in total. The molecule has 0 aliphatic carbocycles. The summed E-state index contributed by atoms with van der Waals surface area (Å²) in [5.74, 6) is -0.0188. The average molecular weight is 303 g/mol. The van der Waals surface area contributed by atoms with Crippen LogP contribution in [0.1, 0.15) is 29.8 Å². The molecule has 0 bridgehead atoms. The highest BCUT2D eigenvalue weighted by molar-refractivity contribution is 6.05. The Bertz CT molecular complexity index is 725. The van der Waals surface area contributed by atoms with E-state index in [4.69, 9.17) is 0 Å². The van der Waals surface area contributed by atoms with Gasteiger partial charge in [-0.2, -0.15) is 0 Å². The number of carbonyl (C=O) groups is 1.